The van der Waals surface area contributed by atoms with Gasteiger partial charge in [0.05, 0.1) is 10.7 Å². The zero-order chi connectivity index (χ0) is 14.0. The van der Waals surface area contributed by atoms with E-state index in [1.54, 1.807) is 11.3 Å². The van der Waals surface area contributed by atoms with Gasteiger partial charge < -0.3 is 5.73 Å². The molecule has 0 unspecified atom stereocenters. The first-order valence-corrected chi connectivity index (χ1v) is 8.16. The summed E-state index contributed by atoms with van der Waals surface area (Å²) in [7, 11) is 0. The summed E-state index contributed by atoms with van der Waals surface area (Å²) in [5, 5.41) is 3.37. The highest BCUT2D eigenvalue weighted by Crippen LogP contribution is 2.29. The minimum atomic E-state index is 0.144. The molecule has 0 aliphatic carbocycles. The van der Waals surface area contributed by atoms with Crippen LogP contribution >= 0.6 is 23.1 Å². The maximum Gasteiger partial charge on any atom is 0.0982 e. The predicted octanol–water partition coefficient (Wildman–Crippen LogP) is 4.62. The van der Waals surface area contributed by atoms with E-state index in [1.807, 2.05) is 24.8 Å². The fraction of sp³-hybridized carbons (Fsp3) is 0.400. The number of hydrogen-bond donors (Lipinski definition) is 1. The van der Waals surface area contributed by atoms with E-state index in [1.165, 1.54) is 9.90 Å². The highest BCUT2D eigenvalue weighted by molar-refractivity contribution is 7.98. The van der Waals surface area contributed by atoms with Crippen molar-refractivity contribution in [1.29, 1.82) is 0 Å². The van der Waals surface area contributed by atoms with Gasteiger partial charge in [0.25, 0.3) is 0 Å². The van der Waals surface area contributed by atoms with Crippen LogP contribution in [0.4, 0.5) is 5.69 Å². The van der Waals surface area contributed by atoms with E-state index in [4.69, 9.17) is 10.7 Å². The van der Waals surface area contributed by atoms with E-state index < -0.39 is 0 Å². The fourth-order valence-electron chi connectivity index (χ4n) is 1.61. The Hall–Kier alpha value is -1.00. The van der Waals surface area contributed by atoms with Crippen LogP contribution < -0.4 is 5.73 Å². The van der Waals surface area contributed by atoms with Crippen molar-refractivity contribution in [3.05, 3.63) is 39.8 Å². The van der Waals surface area contributed by atoms with Crippen molar-refractivity contribution in [3.8, 4) is 0 Å². The van der Waals surface area contributed by atoms with Gasteiger partial charge in [-0.25, -0.2) is 4.98 Å². The third-order valence-electron chi connectivity index (χ3n) is 2.82. The van der Waals surface area contributed by atoms with Crippen LogP contribution in [-0.2, 0) is 11.2 Å². The normalized spacial score (nSPS) is 11.8. The lowest BCUT2D eigenvalue weighted by molar-refractivity contribution is 0.584. The second-order valence-corrected chi connectivity index (χ2v) is 7.61. The molecule has 0 amide bonds. The lowest BCUT2D eigenvalue weighted by Gasteiger charge is -2.13. The number of anilines is 1. The van der Waals surface area contributed by atoms with Crippen LogP contribution in [-0.4, -0.2) is 4.98 Å². The smallest absolute Gasteiger partial charge is 0.0982 e. The molecular weight excluding hydrogens is 272 g/mol. The van der Waals surface area contributed by atoms with Crippen molar-refractivity contribution >= 4 is 28.8 Å². The van der Waals surface area contributed by atoms with Crippen molar-refractivity contribution in [2.24, 2.45) is 0 Å². The minimum absolute atomic E-state index is 0.144. The molecule has 19 heavy (non-hydrogen) atoms. The molecule has 2 rings (SSSR count). The topological polar surface area (TPSA) is 38.9 Å². The zero-order valence-electron chi connectivity index (χ0n) is 11.9. The largest absolute Gasteiger partial charge is 0.399 e. The Morgan fingerprint density at radius 3 is 2.63 bits per heavy atom. The maximum absolute atomic E-state index is 5.83. The van der Waals surface area contributed by atoms with Crippen molar-refractivity contribution in [2.45, 2.75) is 43.8 Å². The average Bonchev–Trinajstić information content (AvgIpc) is 2.79. The third-order valence-corrected chi connectivity index (χ3v) is 5.17. The quantitative estimate of drug-likeness (QED) is 0.662. The van der Waals surface area contributed by atoms with E-state index in [-0.39, 0.29) is 5.41 Å². The van der Waals surface area contributed by atoms with Crippen LogP contribution in [0.2, 0.25) is 0 Å². The Kier molecular flexibility index (Phi) is 4.21. The molecule has 0 spiro atoms. The molecule has 0 aliphatic rings. The molecule has 2 aromatic rings. The molecule has 0 saturated heterocycles. The number of aromatic nitrogens is 1. The van der Waals surface area contributed by atoms with Crippen molar-refractivity contribution in [2.75, 3.05) is 5.73 Å². The van der Waals surface area contributed by atoms with Crippen LogP contribution in [0.15, 0.2) is 28.5 Å². The summed E-state index contributed by atoms with van der Waals surface area (Å²) >= 11 is 3.56. The van der Waals surface area contributed by atoms with Crippen molar-refractivity contribution < 1.29 is 0 Å². The van der Waals surface area contributed by atoms with Gasteiger partial charge in [-0.1, -0.05) is 20.8 Å². The second kappa shape index (κ2) is 5.55. The monoisotopic (exact) mass is 292 g/mol. The number of hydrogen-bond acceptors (Lipinski definition) is 4. The van der Waals surface area contributed by atoms with E-state index in [9.17, 15) is 0 Å². The Morgan fingerprint density at radius 2 is 2.05 bits per heavy atom. The number of benzene rings is 1. The fourth-order valence-corrected chi connectivity index (χ4v) is 3.51. The predicted molar refractivity (Wildman–Crippen MR) is 86.0 cm³/mol. The van der Waals surface area contributed by atoms with Gasteiger partial charge >= 0.3 is 0 Å². The molecule has 0 aliphatic heterocycles. The summed E-state index contributed by atoms with van der Waals surface area (Å²) in [5.74, 6) is 0.913. The molecule has 102 valence electrons. The van der Waals surface area contributed by atoms with Crippen LogP contribution in [0.5, 0.6) is 0 Å². The number of nitrogen functional groups attached to an aromatic ring is 1. The third kappa shape index (κ3) is 3.74. The van der Waals surface area contributed by atoms with Crippen LogP contribution in [0.1, 0.15) is 37.0 Å². The molecule has 4 heteroatoms. The molecule has 1 aromatic carbocycles. The van der Waals surface area contributed by atoms with E-state index >= 15 is 0 Å². The molecule has 2 N–H and O–H groups in total. The highest BCUT2D eigenvalue weighted by atomic mass is 32.2. The summed E-state index contributed by atoms with van der Waals surface area (Å²) in [5.41, 5.74) is 9.13. The van der Waals surface area contributed by atoms with Crippen LogP contribution in [0, 0.1) is 6.92 Å². The van der Waals surface area contributed by atoms with Gasteiger partial charge in [-0.15, -0.1) is 23.1 Å². The second-order valence-electron chi connectivity index (χ2n) is 5.70. The van der Waals surface area contributed by atoms with Crippen molar-refractivity contribution in [1.82, 2.24) is 4.98 Å². The highest BCUT2D eigenvalue weighted by Gasteiger charge is 2.17. The van der Waals surface area contributed by atoms with Crippen LogP contribution in [0.3, 0.4) is 0 Å². The number of thioether (sulfide) groups is 1. The van der Waals surface area contributed by atoms with Gasteiger partial charge in [0, 0.05) is 27.1 Å². The average molecular weight is 292 g/mol. The number of rotatable bonds is 3. The molecule has 0 atom stereocenters. The Morgan fingerprint density at radius 1 is 1.32 bits per heavy atom. The summed E-state index contributed by atoms with van der Waals surface area (Å²) in [6, 6.07) is 6.18. The first-order chi connectivity index (χ1) is 8.86. The lowest BCUT2D eigenvalue weighted by atomic mass is 9.98. The SMILES string of the molecule is Cc1cc(SCc2csc(C(C)(C)C)n2)ccc1N. The van der Waals surface area contributed by atoms with E-state index in [2.05, 4.69) is 38.3 Å². The number of aryl methyl sites for hydroxylation is 1. The Bertz CT molecular complexity index is 568. The Labute approximate surface area is 123 Å². The molecule has 0 radical (unpaired) electrons. The zero-order valence-corrected chi connectivity index (χ0v) is 13.5. The molecule has 2 nitrogen and oxygen atoms in total. The molecule has 0 fully saturated rings. The van der Waals surface area contributed by atoms with Gasteiger partial charge in [0.15, 0.2) is 0 Å². The molecule has 0 bridgehead atoms. The van der Waals surface area contributed by atoms with E-state index in [0.717, 1.165) is 22.7 Å². The maximum atomic E-state index is 5.83. The standard InChI is InChI=1S/C15H20N2S2/c1-10-7-12(5-6-13(10)16)18-8-11-9-19-14(17-11)15(2,3)4/h5-7,9H,8,16H2,1-4H3. The van der Waals surface area contributed by atoms with Gasteiger partial charge in [-0.05, 0) is 30.7 Å². The van der Waals surface area contributed by atoms with E-state index in [0.29, 0.717) is 0 Å². The molecule has 1 aromatic heterocycles. The number of thiazole rings is 1. The number of nitrogens with zero attached hydrogens (tertiary/aromatic N) is 1. The van der Waals surface area contributed by atoms with Crippen molar-refractivity contribution in [3.63, 3.8) is 0 Å². The first-order valence-electron chi connectivity index (χ1n) is 6.30. The minimum Gasteiger partial charge on any atom is -0.399 e. The molecule has 0 saturated carbocycles. The van der Waals surface area contributed by atoms with Gasteiger partial charge in [-0.2, -0.15) is 0 Å². The lowest BCUT2D eigenvalue weighted by Crippen LogP contribution is -2.10. The first kappa shape index (κ1) is 14.4. The summed E-state index contributed by atoms with van der Waals surface area (Å²) < 4.78 is 0. The molecular formula is C15H20N2S2. The van der Waals surface area contributed by atoms with Crippen LogP contribution in [0.25, 0.3) is 0 Å². The summed E-state index contributed by atoms with van der Waals surface area (Å²) in [6.07, 6.45) is 0. The summed E-state index contributed by atoms with van der Waals surface area (Å²) in [4.78, 5) is 5.96. The summed E-state index contributed by atoms with van der Waals surface area (Å²) in [6.45, 7) is 8.64. The Balaban J connectivity index is 2.02. The van der Waals surface area contributed by atoms with Gasteiger partial charge in [0.2, 0.25) is 0 Å². The number of nitrogens with two attached hydrogens (primary N) is 1. The van der Waals surface area contributed by atoms with Gasteiger partial charge in [-0.3, -0.25) is 0 Å². The molecule has 1 heterocycles. The van der Waals surface area contributed by atoms with Gasteiger partial charge in [0.1, 0.15) is 0 Å².